The minimum atomic E-state index is -0.705. The summed E-state index contributed by atoms with van der Waals surface area (Å²) in [5, 5.41) is 2.89. The van der Waals surface area contributed by atoms with Crippen LogP contribution in [0.15, 0.2) is 17.1 Å². The molecule has 5 heterocycles. The molecule has 0 aliphatic carbocycles. The van der Waals surface area contributed by atoms with Crippen molar-refractivity contribution >= 4 is 17.5 Å². The molecule has 0 saturated carbocycles. The number of H-pyrrole nitrogens is 1. The van der Waals surface area contributed by atoms with E-state index in [0.29, 0.717) is 31.8 Å². The fourth-order valence-corrected chi connectivity index (χ4v) is 4.42. The molecule has 9 nitrogen and oxygen atoms in total. The van der Waals surface area contributed by atoms with E-state index in [0.717, 1.165) is 5.69 Å². The van der Waals surface area contributed by atoms with Crippen molar-refractivity contribution in [2.24, 2.45) is 0 Å². The number of hydrogen-bond donors (Lipinski definition) is 1. The molecule has 1 N–H and O–H groups in total. The largest absolute Gasteiger partial charge is 0.351 e. The number of carbonyl (C=O) groups excluding carboxylic acids is 2. The summed E-state index contributed by atoms with van der Waals surface area (Å²) < 4.78 is 7.16. The lowest BCUT2D eigenvalue weighted by molar-refractivity contribution is -0.136. The Bertz CT molecular complexity index is 979. The zero-order chi connectivity index (χ0) is 17.3. The monoisotopic (exact) mass is 343 g/mol. The molecule has 1 spiro atoms. The lowest BCUT2D eigenvalue weighted by Gasteiger charge is -2.31. The van der Waals surface area contributed by atoms with Crippen LogP contribution in [0.2, 0.25) is 0 Å². The first-order chi connectivity index (χ1) is 12.0. The number of fused-ring (bicyclic) bond motifs is 1. The Balaban J connectivity index is 1.54. The number of ether oxygens (including phenoxy) is 1. The SMILES string of the molecule is Cc1cc2ncc(C(=O)N3CC[C@@]45OCCN4C(=O)C[C@@H]35)c(=O)n2[nH]1. The van der Waals surface area contributed by atoms with Crippen LogP contribution in [0.4, 0.5) is 0 Å². The number of rotatable bonds is 1. The van der Waals surface area contributed by atoms with Crippen LogP contribution in [0.25, 0.3) is 5.65 Å². The predicted molar refractivity (Wildman–Crippen MR) is 85.0 cm³/mol. The van der Waals surface area contributed by atoms with Crippen molar-refractivity contribution in [2.75, 3.05) is 19.7 Å². The molecule has 130 valence electrons. The van der Waals surface area contributed by atoms with Gasteiger partial charge in [0, 0.05) is 37.5 Å². The third-order valence-electron chi connectivity index (χ3n) is 5.51. The fourth-order valence-electron chi connectivity index (χ4n) is 4.42. The van der Waals surface area contributed by atoms with Gasteiger partial charge < -0.3 is 14.5 Å². The van der Waals surface area contributed by atoms with Crippen LogP contribution in [0.5, 0.6) is 0 Å². The first-order valence-electron chi connectivity index (χ1n) is 8.34. The summed E-state index contributed by atoms with van der Waals surface area (Å²) in [7, 11) is 0. The standard InChI is InChI=1S/C16H17N5O4/c1-9-6-12-17-8-10(15(24)21(12)18-9)14(23)19-3-2-16-11(19)7-13(22)20(16)4-5-25-16/h6,8,11,18H,2-5,7H2,1H3/t11-,16+/m1/s1. The Morgan fingerprint density at radius 3 is 3.08 bits per heavy atom. The lowest BCUT2D eigenvalue weighted by Crippen LogP contribution is -2.49. The molecule has 2 aromatic heterocycles. The third kappa shape index (κ3) is 1.76. The Kier molecular flexibility index (Phi) is 2.75. The van der Waals surface area contributed by atoms with Crippen LogP contribution in [0.1, 0.15) is 28.9 Å². The van der Waals surface area contributed by atoms with Crippen LogP contribution in [0.3, 0.4) is 0 Å². The van der Waals surface area contributed by atoms with Crippen LogP contribution in [0, 0.1) is 6.92 Å². The zero-order valence-corrected chi connectivity index (χ0v) is 13.7. The Morgan fingerprint density at radius 1 is 1.40 bits per heavy atom. The van der Waals surface area contributed by atoms with E-state index >= 15 is 0 Å². The molecule has 9 heteroatoms. The van der Waals surface area contributed by atoms with Gasteiger partial charge in [-0.05, 0) is 6.92 Å². The molecule has 0 radical (unpaired) electrons. The summed E-state index contributed by atoms with van der Waals surface area (Å²) in [4.78, 5) is 45.5. The summed E-state index contributed by atoms with van der Waals surface area (Å²) in [5.74, 6) is -0.392. The molecule has 3 aliphatic heterocycles. The highest BCUT2D eigenvalue weighted by atomic mass is 16.5. The third-order valence-corrected chi connectivity index (χ3v) is 5.51. The maximum absolute atomic E-state index is 13.0. The van der Waals surface area contributed by atoms with Crippen LogP contribution < -0.4 is 5.56 Å². The van der Waals surface area contributed by atoms with Crippen LogP contribution in [-0.4, -0.2) is 67.7 Å². The summed E-state index contributed by atoms with van der Waals surface area (Å²) in [5.41, 5.74) is 0.116. The normalized spacial score (nSPS) is 28.0. The first kappa shape index (κ1) is 14.6. The number of likely N-dealkylation sites (tertiary alicyclic amines) is 1. The molecule has 2 aromatic rings. The molecule has 3 aliphatic rings. The number of amides is 2. The number of aromatic amines is 1. The number of aryl methyl sites for hydroxylation is 1. The Labute approximate surface area is 142 Å². The van der Waals surface area contributed by atoms with Crippen molar-refractivity contribution in [1.82, 2.24) is 24.4 Å². The van der Waals surface area contributed by atoms with E-state index in [2.05, 4.69) is 10.1 Å². The van der Waals surface area contributed by atoms with Gasteiger partial charge in [-0.15, -0.1) is 0 Å². The summed E-state index contributed by atoms with van der Waals surface area (Å²) in [6.45, 7) is 3.33. The zero-order valence-electron chi connectivity index (χ0n) is 13.7. The number of hydrogen-bond acceptors (Lipinski definition) is 5. The second-order valence-electron chi connectivity index (χ2n) is 6.82. The maximum Gasteiger partial charge on any atom is 0.285 e. The molecule has 5 rings (SSSR count). The summed E-state index contributed by atoms with van der Waals surface area (Å²) >= 11 is 0. The fraction of sp³-hybridized carbons (Fsp3) is 0.500. The summed E-state index contributed by atoms with van der Waals surface area (Å²) in [6, 6.07) is 1.39. The van der Waals surface area contributed by atoms with Gasteiger partial charge in [-0.1, -0.05) is 0 Å². The molecule has 3 saturated heterocycles. The van der Waals surface area contributed by atoms with Gasteiger partial charge in [-0.3, -0.25) is 19.5 Å². The second-order valence-corrected chi connectivity index (χ2v) is 6.82. The maximum atomic E-state index is 13.0. The Morgan fingerprint density at radius 2 is 2.24 bits per heavy atom. The minimum Gasteiger partial charge on any atom is -0.351 e. The van der Waals surface area contributed by atoms with Crippen molar-refractivity contribution in [1.29, 1.82) is 0 Å². The van der Waals surface area contributed by atoms with Crippen molar-refractivity contribution in [3.05, 3.63) is 33.9 Å². The van der Waals surface area contributed by atoms with Gasteiger partial charge in [0.25, 0.3) is 11.5 Å². The number of nitrogens with zero attached hydrogens (tertiary/aromatic N) is 4. The molecule has 3 fully saturated rings. The van der Waals surface area contributed by atoms with Gasteiger partial charge in [-0.25, -0.2) is 9.50 Å². The van der Waals surface area contributed by atoms with Gasteiger partial charge in [0.15, 0.2) is 11.4 Å². The first-order valence-corrected chi connectivity index (χ1v) is 8.34. The van der Waals surface area contributed by atoms with E-state index in [1.54, 1.807) is 15.9 Å². The van der Waals surface area contributed by atoms with Gasteiger partial charge in [-0.2, -0.15) is 0 Å². The van der Waals surface area contributed by atoms with Crippen LogP contribution in [-0.2, 0) is 9.53 Å². The van der Waals surface area contributed by atoms with Gasteiger partial charge >= 0.3 is 0 Å². The minimum absolute atomic E-state index is 0.000274. The quantitative estimate of drug-likeness (QED) is 0.753. The van der Waals surface area contributed by atoms with E-state index < -0.39 is 17.2 Å². The van der Waals surface area contributed by atoms with Crippen molar-refractivity contribution in [2.45, 2.75) is 31.5 Å². The average Bonchev–Trinajstić information content (AvgIpc) is 3.29. The van der Waals surface area contributed by atoms with Crippen molar-refractivity contribution in [3.8, 4) is 0 Å². The predicted octanol–water partition coefficient (Wildman–Crippen LogP) is -0.496. The molecule has 0 aromatic carbocycles. The smallest absolute Gasteiger partial charge is 0.285 e. The van der Waals surface area contributed by atoms with Crippen molar-refractivity contribution < 1.29 is 14.3 Å². The number of nitrogens with one attached hydrogen (secondary N) is 1. The van der Waals surface area contributed by atoms with E-state index in [1.807, 2.05) is 6.92 Å². The average molecular weight is 343 g/mol. The summed E-state index contributed by atoms with van der Waals surface area (Å²) in [6.07, 6.45) is 2.14. The highest BCUT2D eigenvalue weighted by Gasteiger charge is 2.63. The molecule has 2 atom stereocenters. The van der Waals surface area contributed by atoms with Gasteiger partial charge in [0.2, 0.25) is 5.91 Å². The number of carbonyl (C=O) groups is 2. The molecule has 2 amide bonds. The van der Waals surface area contributed by atoms with E-state index in [-0.39, 0.29) is 23.9 Å². The number of aromatic nitrogens is 3. The van der Waals surface area contributed by atoms with Gasteiger partial charge in [0.1, 0.15) is 5.56 Å². The molecular weight excluding hydrogens is 326 g/mol. The lowest BCUT2D eigenvalue weighted by atomic mass is 10.1. The molecular formula is C16H17N5O4. The van der Waals surface area contributed by atoms with E-state index in [9.17, 15) is 14.4 Å². The topological polar surface area (TPSA) is 100 Å². The van der Waals surface area contributed by atoms with Gasteiger partial charge in [0.05, 0.1) is 19.1 Å². The van der Waals surface area contributed by atoms with Crippen LogP contribution >= 0.6 is 0 Å². The highest BCUT2D eigenvalue weighted by Crippen LogP contribution is 2.45. The van der Waals surface area contributed by atoms with Crippen molar-refractivity contribution in [3.63, 3.8) is 0 Å². The molecule has 25 heavy (non-hydrogen) atoms. The van der Waals surface area contributed by atoms with E-state index in [1.165, 1.54) is 10.7 Å². The van der Waals surface area contributed by atoms with E-state index in [4.69, 9.17) is 4.74 Å². The molecule has 0 bridgehead atoms. The Hall–Kier alpha value is -2.68. The second kappa shape index (κ2) is 4.69. The molecule has 0 unspecified atom stereocenters. The highest BCUT2D eigenvalue weighted by molar-refractivity contribution is 5.95.